The van der Waals surface area contributed by atoms with Gasteiger partial charge in [0, 0.05) is 18.2 Å². The van der Waals surface area contributed by atoms with Gasteiger partial charge in [0.05, 0.1) is 6.20 Å². The van der Waals surface area contributed by atoms with E-state index in [1.165, 1.54) is 19.4 Å². The third-order valence-corrected chi connectivity index (χ3v) is 5.29. The fraction of sp³-hybridized carbons (Fsp3) is 0.400. The van der Waals surface area contributed by atoms with Crippen LogP contribution in [0.2, 0.25) is 0 Å². The van der Waals surface area contributed by atoms with Gasteiger partial charge in [-0.1, -0.05) is 0 Å². The van der Waals surface area contributed by atoms with Crippen LogP contribution in [-0.4, -0.2) is 67.3 Å². The molecule has 2 aliphatic heterocycles. The fourth-order valence-electron chi connectivity index (χ4n) is 2.75. The van der Waals surface area contributed by atoms with Crippen LogP contribution in [0.5, 0.6) is 0 Å². The fourth-order valence-corrected chi connectivity index (χ4v) is 4.08. The molecule has 0 aromatic carbocycles. The molecule has 2 amide bonds. The normalized spacial score (nSPS) is 24.1. The van der Waals surface area contributed by atoms with Crippen molar-refractivity contribution in [2.45, 2.75) is 24.4 Å². The molecule has 12 heteroatoms. The number of carboxylic acid groups (broad SMARTS) is 1. The summed E-state index contributed by atoms with van der Waals surface area (Å²) in [6.07, 6.45) is 2.33. The van der Waals surface area contributed by atoms with E-state index in [0.29, 0.717) is 0 Å². The van der Waals surface area contributed by atoms with Crippen LogP contribution in [0, 0.1) is 0 Å². The van der Waals surface area contributed by atoms with Crippen LogP contribution in [0.1, 0.15) is 12.8 Å². The molecular weight excluding hydrogens is 382 g/mol. The second kappa shape index (κ2) is 7.04. The molecule has 0 radical (unpaired) electrons. The molecule has 0 saturated carbocycles. The molecule has 0 bridgehead atoms. The van der Waals surface area contributed by atoms with E-state index >= 15 is 0 Å². The number of oxazole rings is 1. The number of β-lactam (4-membered cyclic amide) rings is 1. The lowest BCUT2D eigenvalue weighted by Gasteiger charge is -2.54. The van der Waals surface area contributed by atoms with Crippen LogP contribution >= 0.6 is 11.8 Å². The third kappa shape index (κ3) is 3.40. The maximum atomic E-state index is 12.5. The summed E-state index contributed by atoms with van der Waals surface area (Å²) in [6, 6.07) is 0. The Balaban J connectivity index is 1.76. The van der Waals surface area contributed by atoms with Gasteiger partial charge in [-0.05, 0) is 0 Å². The van der Waals surface area contributed by atoms with Crippen LogP contribution in [0.3, 0.4) is 0 Å². The molecule has 11 nitrogen and oxygen atoms in total. The Labute approximate surface area is 156 Å². The molecule has 1 aromatic rings. The van der Waals surface area contributed by atoms with Crippen molar-refractivity contribution in [3.63, 3.8) is 0 Å². The van der Waals surface area contributed by atoms with Gasteiger partial charge in [-0.25, -0.2) is 9.78 Å². The molecule has 144 valence electrons. The highest BCUT2D eigenvalue weighted by atomic mass is 32.2. The van der Waals surface area contributed by atoms with Crippen LogP contribution in [0.25, 0.3) is 0 Å². The average Bonchev–Trinajstić information content (AvgIpc) is 3.11. The largest absolute Gasteiger partial charge is 0.477 e. The first-order chi connectivity index (χ1) is 12.7. The van der Waals surface area contributed by atoms with E-state index in [9.17, 15) is 29.4 Å². The highest BCUT2D eigenvalue weighted by Gasteiger charge is 2.65. The summed E-state index contributed by atoms with van der Waals surface area (Å²) in [5.74, 6) is -3.49. The molecule has 1 aromatic heterocycles. The van der Waals surface area contributed by atoms with Gasteiger partial charge in [-0.15, -0.1) is 11.8 Å². The van der Waals surface area contributed by atoms with Gasteiger partial charge >= 0.3 is 11.9 Å². The van der Waals surface area contributed by atoms with Gasteiger partial charge < -0.3 is 24.7 Å². The average molecular weight is 397 g/mol. The van der Waals surface area contributed by atoms with E-state index in [1.807, 2.05) is 0 Å². The molecule has 0 unspecified atom stereocenters. The van der Waals surface area contributed by atoms with Gasteiger partial charge in [0.1, 0.15) is 30.4 Å². The third-order valence-electron chi connectivity index (χ3n) is 3.91. The van der Waals surface area contributed by atoms with Crippen LogP contribution in [0.4, 0.5) is 0 Å². The summed E-state index contributed by atoms with van der Waals surface area (Å²) >= 11 is 1.04. The zero-order valence-electron chi connectivity index (χ0n) is 14.0. The lowest BCUT2D eigenvalue weighted by atomic mass is 9.98. The first-order valence-corrected chi connectivity index (χ1v) is 8.74. The summed E-state index contributed by atoms with van der Waals surface area (Å²) in [5, 5.41) is 21.2. The number of nitrogens with zero attached hydrogens (tertiary/aromatic N) is 2. The first-order valence-electron chi connectivity index (χ1n) is 7.69. The van der Waals surface area contributed by atoms with E-state index in [2.05, 4.69) is 10.3 Å². The summed E-state index contributed by atoms with van der Waals surface area (Å²) in [6.45, 7) is 0.895. The van der Waals surface area contributed by atoms with E-state index < -0.39 is 34.9 Å². The number of ether oxygens (including phenoxy) is 1. The van der Waals surface area contributed by atoms with Crippen LogP contribution in [0.15, 0.2) is 28.1 Å². The van der Waals surface area contributed by atoms with Crippen molar-refractivity contribution in [2.75, 3.05) is 12.4 Å². The molecule has 3 N–H and O–H groups in total. The number of hydrogen-bond acceptors (Lipinski definition) is 9. The topological polar surface area (TPSA) is 159 Å². The maximum absolute atomic E-state index is 12.5. The standard InChI is InChI=1S/C15H15N3O8S/c1-7(19)26-5-8-6-27-14-15(24,13(23)18(14)11(8)12(21)22)17-9(20)4-10-16-2-3-25-10/h2-3,14,24H,4-6H2,1H3,(H,17,20)(H,21,22)/t14-,15-/m1/s1. The summed E-state index contributed by atoms with van der Waals surface area (Å²) in [4.78, 5) is 51.7. The quantitative estimate of drug-likeness (QED) is 0.303. The highest BCUT2D eigenvalue weighted by Crippen LogP contribution is 2.45. The minimum Gasteiger partial charge on any atom is -0.477 e. The van der Waals surface area contributed by atoms with E-state index in [0.717, 1.165) is 16.7 Å². The number of nitrogens with one attached hydrogen (secondary N) is 1. The zero-order valence-corrected chi connectivity index (χ0v) is 14.8. The number of hydrogen-bond donors (Lipinski definition) is 3. The number of fused-ring (bicyclic) bond motifs is 1. The second-order valence-electron chi connectivity index (χ2n) is 5.79. The lowest BCUT2D eigenvalue weighted by molar-refractivity contribution is -0.186. The van der Waals surface area contributed by atoms with Crippen molar-refractivity contribution in [1.82, 2.24) is 15.2 Å². The van der Waals surface area contributed by atoms with E-state index in [1.54, 1.807) is 0 Å². The summed E-state index contributed by atoms with van der Waals surface area (Å²) in [5.41, 5.74) is -2.39. The smallest absolute Gasteiger partial charge is 0.352 e. The second-order valence-corrected chi connectivity index (χ2v) is 6.86. The molecule has 2 atom stereocenters. The molecular formula is C15H15N3O8S. The lowest BCUT2D eigenvalue weighted by Crippen LogP contribution is -2.80. The first kappa shape index (κ1) is 18.9. The Kier molecular flexibility index (Phi) is 4.93. The minimum atomic E-state index is -2.25. The Hall–Kier alpha value is -2.86. The maximum Gasteiger partial charge on any atom is 0.352 e. The Morgan fingerprint density at radius 2 is 2.26 bits per heavy atom. The van der Waals surface area contributed by atoms with Gasteiger partial charge in [-0.2, -0.15) is 0 Å². The molecule has 2 aliphatic rings. The number of aliphatic hydroxyl groups is 1. The molecule has 27 heavy (non-hydrogen) atoms. The SMILES string of the molecule is CC(=O)OCC1=C(C(=O)O)N2C(=O)[C@](O)(NC(=O)Cc3ncco3)[C@H]2SC1. The van der Waals surface area contributed by atoms with E-state index in [4.69, 9.17) is 9.15 Å². The van der Waals surface area contributed by atoms with Crippen molar-refractivity contribution in [2.24, 2.45) is 0 Å². The number of thioether (sulfide) groups is 1. The van der Waals surface area contributed by atoms with Crippen molar-refractivity contribution in [1.29, 1.82) is 0 Å². The van der Waals surface area contributed by atoms with Crippen molar-refractivity contribution in [3.05, 3.63) is 29.6 Å². The summed E-state index contributed by atoms with van der Waals surface area (Å²) < 4.78 is 9.75. The number of aliphatic carboxylic acids is 1. The molecule has 0 spiro atoms. The van der Waals surface area contributed by atoms with Crippen molar-refractivity contribution in [3.8, 4) is 0 Å². The minimum absolute atomic E-state index is 0.0985. The molecule has 0 aliphatic carbocycles. The Bertz CT molecular complexity index is 836. The number of carboxylic acids is 1. The predicted octanol–water partition coefficient (Wildman–Crippen LogP) is -1.16. The molecule has 1 saturated heterocycles. The highest BCUT2D eigenvalue weighted by molar-refractivity contribution is 8.00. The monoisotopic (exact) mass is 397 g/mol. The van der Waals surface area contributed by atoms with E-state index in [-0.39, 0.29) is 35.9 Å². The number of amides is 2. The predicted molar refractivity (Wildman–Crippen MR) is 87.7 cm³/mol. The number of rotatable bonds is 6. The zero-order chi connectivity index (χ0) is 19.8. The number of aromatic nitrogens is 1. The Morgan fingerprint density at radius 3 is 2.85 bits per heavy atom. The van der Waals surface area contributed by atoms with Gasteiger partial charge in [-0.3, -0.25) is 19.3 Å². The van der Waals surface area contributed by atoms with Gasteiger partial charge in [0.25, 0.3) is 11.6 Å². The van der Waals surface area contributed by atoms with Gasteiger partial charge in [0.15, 0.2) is 0 Å². The van der Waals surface area contributed by atoms with Gasteiger partial charge in [0.2, 0.25) is 11.8 Å². The number of carbonyl (C=O) groups excluding carboxylic acids is 3. The van der Waals surface area contributed by atoms with Crippen molar-refractivity contribution >= 4 is 35.5 Å². The Morgan fingerprint density at radius 1 is 1.52 bits per heavy atom. The van der Waals surface area contributed by atoms with Crippen molar-refractivity contribution < 1.29 is 38.5 Å². The van der Waals surface area contributed by atoms with Crippen LogP contribution < -0.4 is 5.32 Å². The number of esters is 1. The molecule has 1 fully saturated rings. The number of carbonyl (C=O) groups is 4. The molecule has 3 heterocycles. The summed E-state index contributed by atoms with van der Waals surface area (Å²) in [7, 11) is 0. The molecule has 3 rings (SSSR count). The van der Waals surface area contributed by atoms with Crippen LogP contribution in [-0.2, 0) is 30.3 Å².